The fraction of sp³-hybridized carbons (Fsp3) is 0.562. The van der Waals surface area contributed by atoms with E-state index in [2.05, 4.69) is 12.2 Å². The summed E-state index contributed by atoms with van der Waals surface area (Å²) in [5.74, 6) is 0.983. The van der Waals surface area contributed by atoms with E-state index in [0.717, 1.165) is 17.9 Å². The van der Waals surface area contributed by atoms with Crippen LogP contribution >= 0.6 is 0 Å². The van der Waals surface area contributed by atoms with Crippen LogP contribution in [-0.4, -0.2) is 32.1 Å². The molecule has 0 aromatic heterocycles. The van der Waals surface area contributed by atoms with Crippen molar-refractivity contribution in [2.45, 2.75) is 38.8 Å². The Labute approximate surface area is 121 Å². The van der Waals surface area contributed by atoms with Crippen LogP contribution < -0.4 is 15.0 Å². The van der Waals surface area contributed by atoms with Gasteiger partial charge in [0.25, 0.3) is 5.91 Å². The van der Waals surface area contributed by atoms with Crippen LogP contribution in [0.1, 0.15) is 31.7 Å². The van der Waals surface area contributed by atoms with E-state index in [1.54, 1.807) is 7.11 Å². The minimum atomic E-state index is 0.143. The number of methoxy groups -OCH3 is 1. The Bertz CT molecular complexity index is 431. The summed E-state index contributed by atoms with van der Waals surface area (Å²) in [6, 6.07) is 8.40. The van der Waals surface area contributed by atoms with Crippen molar-refractivity contribution in [1.29, 1.82) is 0 Å². The first kappa shape index (κ1) is 14.9. The molecular formula is C16H25N2O2+. The van der Waals surface area contributed by atoms with Gasteiger partial charge < -0.3 is 15.0 Å². The van der Waals surface area contributed by atoms with Crippen molar-refractivity contribution < 1.29 is 14.4 Å². The van der Waals surface area contributed by atoms with Gasteiger partial charge in [-0.2, -0.15) is 0 Å². The second kappa shape index (κ2) is 7.29. The first-order valence-corrected chi connectivity index (χ1v) is 7.43. The fourth-order valence-electron chi connectivity index (χ4n) is 2.73. The number of quaternary nitrogens is 1. The maximum atomic E-state index is 12.0. The van der Waals surface area contributed by atoms with Gasteiger partial charge in [-0.3, -0.25) is 4.79 Å². The summed E-state index contributed by atoms with van der Waals surface area (Å²) in [5.41, 5.74) is 1.10. The lowest BCUT2D eigenvalue weighted by Gasteiger charge is -2.29. The molecule has 110 valence electrons. The topological polar surface area (TPSA) is 42.8 Å². The molecule has 2 rings (SSSR count). The highest BCUT2D eigenvalue weighted by Gasteiger charge is 2.23. The maximum Gasteiger partial charge on any atom is 0.275 e. The van der Waals surface area contributed by atoms with Gasteiger partial charge >= 0.3 is 0 Å². The van der Waals surface area contributed by atoms with Gasteiger partial charge in [-0.25, -0.2) is 0 Å². The molecule has 0 aliphatic carbocycles. The number of carbonyl (C=O) groups excluding carboxylic acids is 1. The monoisotopic (exact) mass is 277 g/mol. The summed E-state index contributed by atoms with van der Waals surface area (Å²) in [6.45, 7) is 4.55. The average Bonchev–Trinajstić information content (AvgIpc) is 2.48. The smallest absolute Gasteiger partial charge is 0.275 e. The van der Waals surface area contributed by atoms with Crippen molar-refractivity contribution in [1.82, 2.24) is 5.32 Å². The van der Waals surface area contributed by atoms with E-state index in [-0.39, 0.29) is 5.91 Å². The Morgan fingerprint density at radius 2 is 2.10 bits per heavy atom. The van der Waals surface area contributed by atoms with Crippen molar-refractivity contribution in [3.05, 3.63) is 29.8 Å². The predicted octanol–water partition coefficient (Wildman–Crippen LogP) is 0.769. The molecule has 4 heteroatoms. The minimum absolute atomic E-state index is 0.143. The fourth-order valence-corrected chi connectivity index (χ4v) is 2.73. The van der Waals surface area contributed by atoms with Crippen molar-refractivity contribution in [3.63, 3.8) is 0 Å². The summed E-state index contributed by atoms with van der Waals surface area (Å²) in [7, 11) is 1.65. The van der Waals surface area contributed by atoms with Gasteiger partial charge in [-0.1, -0.05) is 12.1 Å². The molecule has 1 saturated heterocycles. The van der Waals surface area contributed by atoms with Crippen LogP contribution in [0.15, 0.2) is 24.3 Å². The van der Waals surface area contributed by atoms with Crippen LogP contribution in [0.25, 0.3) is 0 Å². The number of benzene rings is 1. The van der Waals surface area contributed by atoms with E-state index in [9.17, 15) is 4.79 Å². The van der Waals surface area contributed by atoms with Gasteiger partial charge in [0.2, 0.25) is 0 Å². The van der Waals surface area contributed by atoms with Gasteiger partial charge in [-0.15, -0.1) is 0 Å². The highest BCUT2D eigenvalue weighted by Crippen LogP contribution is 2.10. The van der Waals surface area contributed by atoms with Crippen LogP contribution in [0, 0.1) is 0 Å². The summed E-state index contributed by atoms with van der Waals surface area (Å²) in [5, 5.41) is 3.00. The third kappa shape index (κ3) is 4.23. The molecule has 20 heavy (non-hydrogen) atoms. The zero-order valence-electron chi connectivity index (χ0n) is 12.4. The van der Waals surface area contributed by atoms with E-state index in [1.165, 1.54) is 24.2 Å². The number of amides is 1. The van der Waals surface area contributed by atoms with Crippen molar-refractivity contribution >= 4 is 5.91 Å². The van der Waals surface area contributed by atoms with Gasteiger partial charge in [0, 0.05) is 6.54 Å². The standard InChI is InChI=1S/C16H24N2O2/c1-13-5-3-4-10-18(13)12-16(19)17-11-14-6-8-15(20-2)9-7-14/h6-9,13H,3-5,10-12H2,1-2H3,(H,17,19)/p+1/t13-/m0/s1. The second-order valence-electron chi connectivity index (χ2n) is 5.61. The van der Waals surface area contributed by atoms with Crippen molar-refractivity contribution in [2.75, 3.05) is 20.2 Å². The average molecular weight is 277 g/mol. The molecule has 1 aliphatic rings. The molecule has 1 amide bonds. The van der Waals surface area contributed by atoms with E-state index in [4.69, 9.17) is 4.74 Å². The minimum Gasteiger partial charge on any atom is -0.497 e. The number of ether oxygens (including phenoxy) is 1. The molecule has 1 heterocycles. The number of hydrogen-bond acceptors (Lipinski definition) is 2. The van der Waals surface area contributed by atoms with E-state index >= 15 is 0 Å². The molecule has 0 bridgehead atoms. The summed E-state index contributed by atoms with van der Waals surface area (Å²) >= 11 is 0. The Balaban J connectivity index is 1.76. The first-order valence-electron chi connectivity index (χ1n) is 7.43. The van der Waals surface area contributed by atoms with Crippen LogP contribution in [0.3, 0.4) is 0 Å². The summed E-state index contributed by atoms with van der Waals surface area (Å²) in [4.78, 5) is 13.4. The first-order chi connectivity index (χ1) is 9.69. The molecule has 1 unspecified atom stereocenters. The van der Waals surface area contributed by atoms with Crippen LogP contribution in [-0.2, 0) is 11.3 Å². The Kier molecular flexibility index (Phi) is 5.41. The maximum absolute atomic E-state index is 12.0. The number of carbonyl (C=O) groups is 1. The highest BCUT2D eigenvalue weighted by molar-refractivity contribution is 5.76. The molecule has 0 radical (unpaired) electrons. The highest BCUT2D eigenvalue weighted by atomic mass is 16.5. The molecule has 4 nitrogen and oxygen atoms in total. The quantitative estimate of drug-likeness (QED) is 0.835. The lowest BCUT2D eigenvalue weighted by atomic mass is 10.0. The zero-order valence-corrected chi connectivity index (χ0v) is 12.4. The number of piperidine rings is 1. The third-order valence-electron chi connectivity index (χ3n) is 4.12. The van der Waals surface area contributed by atoms with E-state index < -0.39 is 0 Å². The van der Waals surface area contributed by atoms with Gasteiger partial charge in [-0.05, 0) is 43.9 Å². The molecule has 1 fully saturated rings. The summed E-state index contributed by atoms with van der Waals surface area (Å²) in [6.07, 6.45) is 3.78. The number of rotatable bonds is 5. The van der Waals surface area contributed by atoms with Crippen molar-refractivity contribution in [2.24, 2.45) is 0 Å². The molecule has 2 atom stereocenters. The van der Waals surface area contributed by atoms with Crippen LogP contribution in [0.2, 0.25) is 0 Å². The van der Waals surface area contributed by atoms with Gasteiger partial charge in [0.05, 0.1) is 19.7 Å². The number of likely N-dealkylation sites (tertiary alicyclic amines) is 1. The molecule has 1 aliphatic heterocycles. The third-order valence-corrected chi connectivity index (χ3v) is 4.12. The number of hydrogen-bond donors (Lipinski definition) is 2. The molecule has 2 N–H and O–H groups in total. The molecule has 0 spiro atoms. The second-order valence-corrected chi connectivity index (χ2v) is 5.61. The SMILES string of the molecule is COc1ccc(CNC(=O)C[NH+]2CCCC[C@@H]2C)cc1. The molecule has 1 aromatic rings. The van der Waals surface area contributed by atoms with Crippen molar-refractivity contribution in [3.8, 4) is 5.75 Å². The number of nitrogens with one attached hydrogen (secondary N) is 2. The van der Waals surface area contributed by atoms with Crippen LogP contribution in [0.4, 0.5) is 0 Å². The van der Waals surface area contributed by atoms with Gasteiger partial charge in [0.1, 0.15) is 5.75 Å². The predicted molar refractivity (Wildman–Crippen MR) is 78.9 cm³/mol. The largest absolute Gasteiger partial charge is 0.497 e. The van der Waals surface area contributed by atoms with E-state index in [0.29, 0.717) is 19.1 Å². The lowest BCUT2D eigenvalue weighted by molar-refractivity contribution is -0.921. The molecular weight excluding hydrogens is 252 g/mol. The van der Waals surface area contributed by atoms with E-state index in [1.807, 2.05) is 24.3 Å². The van der Waals surface area contributed by atoms with Crippen LogP contribution in [0.5, 0.6) is 5.75 Å². The lowest BCUT2D eigenvalue weighted by Crippen LogP contribution is -3.17. The Hall–Kier alpha value is -1.55. The Morgan fingerprint density at radius 1 is 1.35 bits per heavy atom. The normalized spacial score (nSPS) is 22.3. The summed E-state index contributed by atoms with van der Waals surface area (Å²) < 4.78 is 5.12. The zero-order chi connectivity index (χ0) is 14.4. The Morgan fingerprint density at radius 3 is 2.75 bits per heavy atom. The molecule has 0 saturated carbocycles. The van der Waals surface area contributed by atoms with Gasteiger partial charge in [0.15, 0.2) is 6.54 Å². The molecule has 1 aromatic carbocycles.